The number of hydrogen-bond donors (Lipinski definition) is 0. The molecule has 132 valence electrons. The first-order chi connectivity index (χ1) is 13.7. The summed E-state index contributed by atoms with van der Waals surface area (Å²) in [6, 6.07) is 31.4. The predicted octanol–water partition coefficient (Wildman–Crippen LogP) is 8.07. The Labute approximate surface area is 164 Å². The van der Waals surface area contributed by atoms with Gasteiger partial charge in [-0.3, -0.25) is 0 Å². The summed E-state index contributed by atoms with van der Waals surface area (Å²) in [5.74, 6) is 0. The highest BCUT2D eigenvalue weighted by Crippen LogP contribution is 2.41. The van der Waals surface area contributed by atoms with Crippen LogP contribution in [0.1, 0.15) is 11.1 Å². The van der Waals surface area contributed by atoms with Crippen molar-refractivity contribution in [1.29, 1.82) is 0 Å². The van der Waals surface area contributed by atoms with Gasteiger partial charge in [-0.2, -0.15) is 0 Å². The molecule has 0 unspecified atom stereocenters. The van der Waals surface area contributed by atoms with E-state index in [-0.39, 0.29) is 0 Å². The molecule has 0 saturated carbocycles. The van der Waals surface area contributed by atoms with Crippen LogP contribution >= 0.6 is 0 Å². The van der Waals surface area contributed by atoms with Gasteiger partial charge in [-0.25, -0.2) is 0 Å². The van der Waals surface area contributed by atoms with Crippen molar-refractivity contribution in [1.82, 2.24) is 0 Å². The molecule has 6 aromatic carbocycles. The first kappa shape index (κ1) is 15.7. The van der Waals surface area contributed by atoms with Gasteiger partial charge in [-0.1, -0.05) is 84.9 Å². The lowest BCUT2D eigenvalue weighted by atomic mass is 9.87. The Morgan fingerprint density at radius 2 is 0.857 bits per heavy atom. The summed E-state index contributed by atoms with van der Waals surface area (Å²) < 4.78 is 0. The van der Waals surface area contributed by atoms with E-state index in [1.807, 2.05) is 0 Å². The molecule has 0 aromatic heterocycles. The first-order valence-corrected chi connectivity index (χ1v) is 9.88. The fraction of sp³-hybridized carbons (Fsp3) is 0.0714. The Balaban J connectivity index is 2.06. The monoisotopic (exact) mass is 356 g/mol. The zero-order valence-corrected chi connectivity index (χ0v) is 16.1. The molecule has 0 aliphatic rings. The van der Waals surface area contributed by atoms with Crippen molar-refractivity contribution < 1.29 is 0 Å². The summed E-state index contributed by atoms with van der Waals surface area (Å²) in [6.07, 6.45) is 0. The maximum atomic E-state index is 2.36. The fourth-order valence-corrected chi connectivity index (χ4v) is 4.96. The van der Waals surface area contributed by atoms with Gasteiger partial charge in [-0.15, -0.1) is 0 Å². The lowest BCUT2D eigenvalue weighted by Crippen LogP contribution is -1.89. The van der Waals surface area contributed by atoms with Crippen molar-refractivity contribution in [3.05, 3.63) is 96.1 Å². The van der Waals surface area contributed by atoms with Gasteiger partial charge in [0.15, 0.2) is 0 Å². The minimum Gasteiger partial charge on any atom is -0.0616 e. The van der Waals surface area contributed by atoms with Crippen LogP contribution in [-0.2, 0) is 0 Å². The molecule has 0 atom stereocenters. The second-order valence-corrected chi connectivity index (χ2v) is 7.90. The smallest absolute Gasteiger partial charge is 0.00139 e. The fourth-order valence-electron chi connectivity index (χ4n) is 4.96. The molecule has 0 bridgehead atoms. The molecule has 0 amide bonds. The van der Waals surface area contributed by atoms with E-state index < -0.39 is 0 Å². The van der Waals surface area contributed by atoms with Gasteiger partial charge in [-0.05, 0) is 78.8 Å². The minimum absolute atomic E-state index is 1.30. The number of fused-ring (bicyclic) bond motifs is 9. The number of hydrogen-bond acceptors (Lipinski definition) is 0. The summed E-state index contributed by atoms with van der Waals surface area (Å²) in [5.41, 5.74) is 2.68. The quantitative estimate of drug-likeness (QED) is 0.241. The normalized spacial score (nSPS) is 11.9. The molecule has 0 spiro atoms. The molecule has 6 aromatic rings. The molecule has 0 aliphatic carbocycles. The summed E-state index contributed by atoms with van der Waals surface area (Å²) in [7, 11) is 0. The van der Waals surface area contributed by atoms with E-state index >= 15 is 0 Å². The average Bonchev–Trinajstić information content (AvgIpc) is 2.73. The van der Waals surface area contributed by atoms with Crippen molar-refractivity contribution in [3.63, 3.8) is 0 Å². The van der Waals surface area contributed by atoms with Gasteiger partial charge >= 0.3 is 0 Å². The molecule has 0 fully saturated rings. The maximum absolute atomic E-state index is 2.36. The van der Waals surface area contributed by atoms with Gasteiger partial charge in [0.2, 0.25) is 0 Å². The Kier molecular flexibility index (Phi) is 3.11. The largest absolute Gasteiger partial charge is 0.0616 e. The molecule has 0 heterocycles. The molecule has 0 nitrogen and oxygen atoms in total. The molecule has 6 rings (SSSR count). The molecule has 0 saturated heterocycles. The third kappa shape index (κ3) is 2.00. The molecular weight excluding hydrogens is 336 g/mol. The summed E-state index contributed by atoms with van der Waals surface area (Å²) in [5, 5.41) is 13.5. The zero-order valence-electron chi connectivity index (χ0n) is 16.1. The predicted molar refractivity (Wildman–Crippen MR) is 123 cm³/mol. The van der Waals surface area contributed by atoms with E-state index in [9.17, 15) is 0 Å². The topological polar surface area (TPSA) is 0 Å². The second-order valence-electron chi connectivity index (χ2n) is 7.90. The Hall–Kier alpha value is -3.38. The lowest BCUT2D eigenvalue weighted by molar-refractivity contribution is 1.54. The zero-order chi connectivity index (χ0) is 18.8. The van der Waals surface area contributed by atoms with E-state index in [0.717, 1.165) is 0 Å². The van der Waals surface area contributed by atoms with Crippen molar-refractivity contribution in [3.8, 4) is 0 Å². The van der Waals surface area contributed by atoms with Gasteiger partial charge in [0.05, 0.1) is 0 Å². The molecule has 0 heteroatoms. The van der Waals surface area contributed by atoms with Gasteiger partial charge < -0.3 is 0 Å². The maximum Gasteiger partial charge on any atom is -0.00139 e. The minimum atomic E-state index is 1.30. The van der Waals surface area contributed by atoms with E-state index in [2.05, 4.69) is 98.8 Å². The Morgan fingerprint density at radius 3 is 1.36 bits per heavy atom. The molecule has 0 aliphatic heterocycles. The summed E-state index contributed by atoms with van der Waals surface area (Å²) >= 11 is 0. The van der Waals surface area contributed by atoms with Crippen LogP contribution < -0.4 is 0 Å². The number of rotatable bonds is 0. The van der Waals surface area contributed by atoms with E-state index in [4.69, 9.17) is 0 Å². The molecular formula is C28H20. The van der Waals surface area contributed by atoms with Gasteiger partial charge in [0.25, 0.3) is 0 Å². The summed E-state index contributed by atoms with van der Waals surface area (Å²) in [4.78, 5) is 0. The highest BCUT2D eigenvalue weighted by atomic mass is 14.2. The van der Waals surface area contributed by atoms with Crippen molar-refractivity contribution in [2.75, 3.05) is 0 Å². The van der Waals surface area contributed by atoms with E-state index in [1.54, 1.807) is 0 Å². The highest BCUT2D eigenvalue weighted by molar-refractivity contribution is 6.32. The van der Waals surface area contributed by atoms with Crippen LogP contribution in [0.15, 0.2) is 84.9 Å². The van der Waals surface area contributed by atoms with Crippen LogP contribution in [0, 0.1) is 13.8 Å². The third-order valence-corrected chi connectivity index (χ3v) is 6.24. The van der Waals surface area contributed by atoms with Crippen molar-refractivity contribution in [2.24, 2.45) is 0 Å². The number of benzene rings is 6. The van der Waals surface area contributed by atoms with Crippen LogP contribution in [0.2, 0.25) is 0 Å². The molecule has 0 radical (unpaired) electrons. The Bertz CT molecular complexity index is 1450. The standard InChI is InChI=1S/C28H20/c1-17-15-21-16-18(2)23-14-12-20-8-4-6-10-25(20)28(23)26(21)27-22(17)13-11-19-7-3-5-9-24(19)27/h3-16H,1-2H3. The molecule has 0 N–H and O–H groups in total. The lowest BCUT2D eigenvalue weighted by Gasteiger charge is -2.16. The molecule has 28 heavy (non-hydrogen) atoms. The van der Waals surface area contributed by atoms with Gasteiger partial charge in [0.1, 0.15) is 0 Å². The van der Waals surface area contributed by atoms with Crippen molar-refractivity contribution in [2.45, 2.75) is 13.8 Å². The van der Waals surface area contributed by atoms with Crippen LogP contribution in [0.4, 0.5) is 0 Å². The summed E-state index contributed by atoms with van der Waals surface area (Å²) in [6.45, 7) is 4.47. The van der Waals surface area contributed by atoms with E-state index in [0.29, 0.717) is 0 Å². The second kappa shape index (κ2) is 5.56. The van der Waals surface area contributed by atoms with Crippen LogP contribution in [0.5, 0.6) is 0 Å². The van der Waals surface area contributed by atoms with Crippen LogP contribution in [0.25, 0.3) is 53.9 Å². The van der Waals surface area contributed by atoms with Crippen LogP contribution in [-0.4, -0.2) is 0 Å². The van der Waals surface area contributed by atoms with E-state index in [1.165, 1.54) is 65.0 Å². The SMILES string of the molecule is Cc1cc2cc(C)c3ccc4ccccc4c3c2c2c1ccc1ccccc12. The van der Waals surface area contributed by atoms with Gasteiger partial charge in [0, 0.05) is 0 Å². The Morgan fingerprint density at radius 1 is 0.393 bits per heavy atom. The number of aryl methyl sites for hydroxylation is 2. The average molecular weight is 356 g/mol. The first-order valence-electron chi connectivity index (χ1n) is 9.88. The highest BCUT2D eigenvalue weighted by Gasteiger charge is 2.14. The van der Waals surface area contributed by atoms with Crippen molar-refractivity contribution >= 4 is 53.9 Å². The van der Waals surface area contributed by atoms with Crippen LogP contribution in [0.3, 0.4) is 0 Å². The third-order valence-electron chi connectivity index (χ3n) is 6.24.